The van der Waals surface area contributed by atoms with Crippen LogP contribution in [0.3, 0.4) is 0 Å². The summed E-state index contributed by atoms with van der Waals surface area (Å²) in [4.78, 5) is 10.5. The molecule has 0 unspecified atom stereocenters. The molecule has 1 fully saturated rings. The molecule has 0 saturated carbocycles. The van der Waals surface area contributed by atoms with Gasteiger partial charge in [0.15, 0.2) is 17.8 Å². The number of nitro groups is 1. The van der Waals surface area contributed by atoms with E-state index >= 15 is 0 Å². The van der Waals surface area contributed by atoms with Gasteiger partial charge in [0.1, 0.15) is 13.2 Å². The van der Waals surface area contributed by atoms with Crippen LogP contribution < -0.4 is 9.47 Å². The first-order valence-electron chi connectivity index (χ1n) is 5.86. The van der Waals surface area contributed by atoms with Gasteiger partial charge in [0.05, 0.1) is 0 Å². The van der Waals surface area contributed by atoms with Crippen molar-refractivity contribution in [1.29, 1.82) is 0 Å². The van der Waals surface area contributed by atoms with Gasteiger partial charge in [-0.25, -0.2) is 0 Å². The van der Waals surface area contributed by atoms with Crippen LogP contribution in [0, 0.1) is 10.1 Å². The van der Waals surface area contributed by atoms with Crippen molar-refractivity contribution in [2.75, 3.05) is 20.0 Å². The molecule has 0 N–H and O–H groups in total. The standard InChI is InChI=1S/C12H13NO6/c1-12(13(14)15)5-16-11(17-6-12)8-2-3-9-10(4-8)19-7-18-9/h2-4,11H,5-7H2,1H3. The predicted octanol–water partition coefficient (Wildman–Crippen LogP) is 1.50. The zero-order chi connectivity index (χ0) is 13.5. The third-order valence-corrected chi connectivity index (χ3v) is 3.20. The summed E-state index contributed by atoms with van der Waals surface area (Å²) in [6, 6.07) is 5.33. The Kier molecular flexibility index (Phi) is 2.79. The molecule has 0 bridgehead atoms. The van der Waals surface area contributed by atoms with Crippen molar-refractivity contribution in [2.24, 2.45) is 0 Å². The van der Waals surface area contributed by atoms with E-state index in [1.54, 1.807) is 18.2 Å². The summed E-state index contributed by atoms with van der Waals surface area (Å²) in [5.74, 6) is 1.31. The van der Waals surface area contributed by atoms with Crippen molar-refractivity contribution in [1.82, 2.24) is 0 Å². The van der Waals surface area contributed by atoms with Gasteiger partial charge < -0.3 is 18.9 Å². The van der Waals surface area contributed by atoms with E-state index in [0.29, 0.717) is 11.5 Å². The number of hydrogen-bond acceptors (Lipinski definition) is 6. The third kappa shape index (κ3) is 2.11. The summed E-state index contributed by atoms with van der Waals surface area (Å²) in [6.07, 6.45) is -0.609. The van der Waals surface area contributed by atoms with E-state index in [4.69, 9.17) is 18.9 Å². The van der Waals surface area contributed by atoms with Crippen LogP contribution in [0.5, 0.6) is 11.5 Å². The Labute approximate surface area is 109 Å². The van der Waals surface area contributed by atoms with Crippen molar-refractivity contribution in [3.05, 3.63) is 33.9 Å². The van der Waals surface area contributed by atoms with Crippen LogP contribution in [0.15, 0.2) is 18.2 Å². The molecule has 3 rings (SSSR count). The second-order valence-electron chi connectivity index (χ2n) is 4.82. The van der Waals surface area contributed by atoms with Gasteiger partial charge in [-0.1, -0.05) is 0 Å². The molecule has 1 saturated heterocycles. The molecule has 2 aliphatic rings. The van der Waals surface area contributed by atoms with Crippen LogP contribution in [0.1, 0.15) is 18.8 Å². The van der Waals surface area contributed by atoms with Crippen molar-refractivity contribution in [3.63, 3.8) is 0 Å². The SMILES string of the molecule is CC1([N+](=O)[O-])COC(c2ccc3c(c2)OCO3)OC1. The molecule has 1 aromatic carbocycles. The summed E-state index contributed by atoms with van der Waals surface area (Å²) in [5.41, 5.74) is -0.429. The quantitative estimate of drug-likeness (QED) is 0.596. The minimum Gasteiger partial charge on any atom is -0.454 e. The van der Waals surface area contributed by atoms with E-state index in [1.807, 2.05) is 0 Å². The molecule has 2 aliphatic heterocycles. The highest BCUT2D eigenvalue weighted by Crippen LogP contribution is 2.36. The maximum absolute atomic E-state index is 10.9. The molecule has 0 atom stereocenters. The van der Waals surface area contributed by atoms with Gasteiger partial charge in [0.25, 0.3) is 5.54 Å². The van der Waals surface area contributed by atoms with Gasteiger partial charge in [-0.05, 0) is 18.2 Å². The molecule has 19 heavy (non-hydrogen) atoms. The van der Waals surface area contributed by atoms with Crippen molar-refractivity contribution in [2.45, 2.75) is 18.8 Å². The van der Waals surface area contributed by atoms with Crippen LogP contribution in [-0.2, 0) is 9.47 Å². The minimum atomic E-state index is -1.19. The number of benzene rings is 1. The number of ether oxygens (including phenoxy) is 4. The smallest absolute Gasteiger partial charge is 0.265 e. The van der Waals surface area contributed by atoms with Crippen LogP contribution in [0.2, 0.25) is 0 Å². The molecule has 0 spiro atoms. The van der Waals surface area contributed by atoms with E-state index < -0.39 is 11.8 Å². The lowest BCUT2D eigenvalue weighted by Crippen LogP contribution is -2.48. The Morgan fingerprint density at radius 2 is 1.95 bits per heavy atom. The molecule has 0 amide bonds. The van der Waals surface area contributed by atoms with Crippen molar-refractivity contribution in [3.8, 4) is 11.5 Å². The molecule has 7 heteroatoms. The second kappa shape index (κ2) is 4.36. The number of fused-ring (bicyclic) bond motifs is 1. The van der Waals surface area contributed by atoms with E-state index in [0.717, 1.165) is 5.56 Å². The number of nitrogens with zero attached hydrogens (tertiary/aromatic N) is 1. The minimum absolute atomic E-state index is 0.0130. The Balaban J connectivity index is 1.73. The van der Waals surface area contributed by atoms with Crippen molar-refractivity contribution < 1.29 is 23.9 Å². The Morgan fingerprint density at radius 1 is 1.26 bits per heavy atom. The summed E-state index contributed by atoms with van der Waals surface area (Å²) in [5, 5.41) is 10.9. The molecule has 0 radical (unpaired) electrons. The van der Waals surface area contributed by atoms with Crippen LogP contribution in [0.4, 0.5) is 0 Å². The molecule has 0 aromatic heterocycles. The zero-order valence-corrected chi connectivity index (χ0v) is 10.3. The topological polar surface area (TPSA) is 80.1 Å². The monoisotopic (exact) mass is 267 g/mol. The van der Waals surface area contributed by atoms with Gasteiger partial charge in [-0.3, -0.25) is 10.1 Å². The molecule has 2 heterocycles. The first kappa shape index (κ1) is 12.2. The summed E-state index contributed by atoms with van der Waals surface area (Å²) < 4.78 is 21.4. The first-order chi connectivity index (χ1) is 9.08. The van der Waals surface area contributed by atoms with E-state index in [-0.39, 0.29) is 24.9 Å². The number of rotatable bonds is 2. The lowest BCUT2D eigenvalue weighted by molar-refractivity contribution is -0.587. The maximum atomic E-state index is 10.9. The van der Waals surface area contributed by atoms with Crippen LogP contribution in [0.25, 0.3) is 0 Å². The van der Waals surface area contributed by atoms with Gasteiger partial charge >= 0.3 is 0 Å². The summed E-state index contributed by atoms with van der Waals surface area (Å²) >= 11 is 0. The second-order valence-corrected chi connectivity index (χ2v) is 4.82. The van der Waals surface area contributed by atoms with Gasteiger partial charge in [-0.15, -0.1) is 0 Å². The van der Waals surface area contributed by atoms with Crippen molar-refractivity contribution >= 4 is 0 Å². The molecule has 102 valence electrons. The summed E-state index contributed by atoms with van der Waals surface area (Å²) in [7, 11) is 0. The van der Waals surface area contributed by atoms with Crippen LogP contribution >= 0.6 is 0 Å². The largest absolute Gasteiger partial charge is 0.454 e. The highest BCUT2D eigenvalue weighted by molar-refractivity contribution is 5.44. The van der Waals surface area contributed by atoms with Gasteiger partial charge in [0, 0.05) is 17.4 Å². The molecule has 1 aromatic rings. The van der Waals surface area contributed by atoms with Crippen LogP contribution in [-0.4, -0.2) is 30.5 Å². The van der Waals surface area contributed by atoms with E-state index in [1.165, 1.54) is 6.92 Å². The van der Waals surface area contributed by atoms with E-state index in [2.05, 4.69) is 0 Å². The molecule has 7 nitrogen and oxygen atoms in total. The average molecular weight is 267 g/mol. The fraction of sp³-hybridized carbons (Fsp3) is 0.500. The third-order valence-electron chi connectivity index (χ3n) is 3.20. The van der Waals surface area contributed by atoms with Gasteiger partial charge in [-0.2, -0.15) is 0 Å². The maximum Gasteiger partial charge on any atom is 0.265 e. The Morgan fingerprint density at radius 3 is 2.63 bits per heavy atom. The highest BCUT2D eigenvalue weighted by atomic mass is 16.7. The van der Waals surface area contributed by atoms with E-state index in [9.17, 15) is 10.1 Å². The fourth-order valence-electron chi connectivity index (χ4n) is 1.96. The normalized spacial score (nSPS) is 29.2. The Bertz CT molecular complexity index is 509. The Hall–Kier alpha value is -1.86. The first-order valence-corrected chi connectivity index (χ1v) is 5.86. The highest BCUT2D eigenvalue weighted by Gasteiger charge is 2.43. The molecule has 0 aliphatic carbocycles. The summed E-state index contributed by atoms with van der Waals surface area (Å²) in [6.45, 7) is 1.73. The van der Waals surface area contributed by atoms with Gasteiger partial charge in [0.2, 0.25) is 6.79 Å². The fourth-order valence-corrected chi connectivity index (χ4v) is 1.96. The lowest BCUT2D eigenvalue weighted by Gasteiger charge is -2.31. The number of hydrogen-bond donors (Lipinski definition) is 0. The molecular weight excluding hydrogens is 254 g/mol. The predicted molar refractivity (Wildman–Crippen MR) is 62.6 cm³/mol. The molecular formula is C12H13NO6. The zero-order valence-electron chi connectivity index (χ0n) is 10.3. The lowest BCUT2D eigenvalue weighted by atomic mass is 10.1. The average Bonchev–Trinajstić information content (AvgIpc) is 2.86.